The van der Waals surface area contributed by atoms with E-state index < -0.39 is 29.8 Å². The number of nitrogens with one attached hydrogen (secondary N) is 1. The van der Waals surface area contributed by atoms with Crippen LogP contribution in [0.1, 0.15) is 25.8 Å². The van der Waals surface area contributed by atoms with Crippen molar-refractivity contribution in [2.24, 2.45) is 5.92 Å². The summed E-state index contributed by atoms with van der Waals surface area (Å²) in [5.41, 5.74) is 0.795. The lowest BCUT2D eigenvalue weighted by Crippen LogP contribution is -2.46. The highest BCUT2D eigenvalue weighted by atomic mass is 16.5. The van der Waals surface area contributed by atoms with Crippen molar-refractivity contribution in [2.45, 2.75) is 32.7 Å². The highest BCUT2D eigenvalue weighted by Crippen LogP contribution is 2.16. The molecule has 0 aliphatic rings. The summed E-state index contributed by atoms with van der Waals surface area (Å²) in [5.74, 6) is -2.63. The molecule has 1 amide bonds. The molecule has 0 aromatic heterocycles. The topological polar surface area (TPSA) is 92.7 Å². The largest absolute Gasteiger partial charge is 0.480 e. The Labute approximate surface area is 152 Å². The van der Waals surface area contributed by atoms with Crippen LogP contribution in [0.2, 0.25) is 0 Å². The molecule has 2 atom stereocenters. The number of carbonyl (C=O) groups excluding carboxylic acids is 2. The minimum Gasteiger partial charge on any atom is -0.480 e. The normalized spacial score (nSPS) is 13.0. The number of aliphatic carboxylic acids is 1. The molecule has 2 rings (SSSR count). The summed E-state index contributed by atoms with van der Waals surface area (Å²) in [7, 11) is 0. The summed E-state index contributed by atoms with van der Waals surface area (Å²) >= 11 is 0. The second-order valence-electron chi connectivity index (χ2n) is 6.23. The Morgan fingerprint density at radius 1 is 1.12 bits per heavy atom. The van der Waals surface area contributed by atoms with Crippen LogP contribution in [0.15, 0.2) is 42.5 Å². The van der Waals surface area contributed by atoms with Crippen LogP contribution in [0.3, 0.4) is 0 Å². The molecule has 2 aromatic carbocycles. The van der Waals surface area contributed by atoms with Gasteiger partial charge in [0, 0.05) is 0 Å². The van der Waals surface area contributed by atoms with Gasteiger partial charge in [0.05, 0.1) is 19.4 Å². The van der Waals surface area contributed by atoms with E-state index >= 15 is 0 Å². The predicted molar refractivity (Wildman–Crippen MR) is 97.6 cm³/mol. The van der Waals surface area contributed by atoms with E-state index in [1.54, 1.807) is 13.8 Å². The molecule has 0 unspecified atom stereocenters. The highest BCUT2D eigenvalue weighted by molar-refractivity contribution is 5.87. The smallest absolute Gasteiger partial charge is 0.326 e. The lowest BCUT2D eigenvalue weighted by molar-refractivity contribution is -0.147. The fourth-order valence-electron chi connectivity index (χ4n) is 2.81. The molecule has 2 aromatic rings. The van der Waals surface area contributed by atoms with Gasteiger partial charge in [-0.1, -0.05) is 49.4 Å². The number of amides is 1. The third-order valence-electron chi connectivity index (χ3n) is 4.12. The minimum absolute atomic E-state index is 0.0684. The summed E-state index contributed by atoms with van der Waals surface area (Å²) in [6, 6.07) is 12.3. The Morgan fingerprint density at radius 2 is 1.81 bits per heavy atom. The van der Waals surface area contributed by atoms with Gasteiger partial charge in [-0.25, -0.2) is 4.79 Å². The van der Waals surface area contributed by atoms with Gasteiger partial charge in [0.2, 0.25) is 5.91 Å². The molecule has 0 radical (unpaired) electrons. The molecule has 0 aliphatic heterocycles. The summed E-state index contributed by atoms with van der Waals surface area (Å²) in [6.07, 6.45) is 0.00179. The zero-order valence-corrected chi connectivity index (χ0v) is 14.9. The third-order valence-corrected chi connectivity index (χ3v) is 4.12. The predicted octanol–water partition coefficient (Wildman–Crippen LogP) is 2.54. The van der Waals surface area contributed by atoms with Crippen molar-refractivity contribution >= 4 is 28.6 Å². The highest BCUT2D eigenvalue weighted by Gasteiger charge is 2.28. The molecule has 0 saturated carbocycles. The summed E-state index contributed by atoms with van der Waals surface area (Å²) < 4.78 is 4.84. The van der Waals surface area contributed by atoms with Gasteiger partial charge in [0.1, 0.15) is 6.04 Å². The van der Waals surface area contributed by atoms with Gasteiger partial charge in [-0.05, 0) is 29.2 Å². The number of carboxylic acid groups (broad SMARTS) is 1. The number of fused-ring (bicyclic) bond motifs is 1. The first-order chi connectivity index (χ1) is 12.4. The summed E-state index contributed by atoms with van der Waals surface area (Å²) in [5, 5.41) is 14.0. The zero-order chi connectivity index (χ0) is 19.1. The monoisotopic (exact) mass is 357 g/mol. The number of carboxylic acids is 1. The molecule has 0 saturated heterocycles. The molecule has 6 heteroatoms. The number of hydrogen-bond donors (Lipinski definition) is 2. The van der Waals surface area contributed by atoms with Crippen LogP contribution in [0.4, 0.5) is 0 Å². The van der Waals surface area contributed by atoms with Gasteiger partial charge in [0.15, 0.2) is 0 Å². The molecule has 0 fully saturated rings. The third kappa shape index (κ3) is 5.31. The van der Waals surface area contributed by atoms with Crippen molar-refractivity contribution in [3.8, 4) is 0 Å². The van der Waals surface area contributed by atoms with Crippen LogP contribution < -0.4 is 5.32 Å². The maximum Gasteiger partial charge on any atom is 0.326 e. The van der Waals surface area contributed by atoms with Crippen LogP contribution in [0.25, 0.3) is 10.8 Å². The van der Waals surface area contributed by atoms with E-state index in [9.17, 15) is 19.5 Å². The Kier molecular flexibility index (Phi) is 6.72. The molecule has 0 heterocycles. The van der Waals surface area contributed by atoms with Gasteiger partial charge in [-0.2, -0.15) is 0 Å². The van der Waals surface area contributed by atoms with Gasteiger partial charge in [-0.3, -0.25) is 9.59 Å². The first-order valence-corrected chi connectivity index (χ1v) is 8.56. The van der Waals surface area contributed by atoms with Crippen molar-refractivity contribution < 1.29 is 24.2 Å². The second kappa shape index (κ2) is 8.99. The van der Waals surface area contributed by atoms with Crippen molar-refractivity contribution in [3.05, 3.63) is 48.0 Å². The maximum atomic E-state index is 12.3. The van der Waals surface area contributed by atoms with E-state index in [0.29, 0.717) is 0 Å². The van der Waals surface area contributed by atoms with Gasteiger partial charge < -0.3 is 15.2 Å². The molecule has 0 bridgehead atoms. The average molecular weight is 357 g/mol. The number of carbonyl (C=O) groups is 3. The standard InChI is InChI=1S/C20H23NO5/c1-3-26-18(23)10-13(2)19(20(24)25)21-17(22)12-14-8-9-15-6-4-5-7-16(15)11-14/h4-9,11,13,19H,3,10,12H2,1-2H3,(H,21,22)(H,24,25)/t13-,19-/m1/s1. The van der Waals surface area contributed by atoms with Crippen molar-refractivity contribution in [1.82, 2.24) is 5.32 Å². The Morgan fingerprint density at radius 3 is 2.46 bits per heavy atom. The molecule has 0 aliphatic carbocycles. The van der Waals surface area contributed by atoms with Crippen LogP contribution in [-0.4, -0.2) is 35.6 Å². The number of hydrogen-bond acceptors (Lipinski definition) is 4. The zero-order valence-electron chi connectivity index (χ0n) is 14.9. The van der Waals surface area contributed by atoms with Gasteiger partial charge in [-0.15, -0.1) is 0 Å². The van der Waals surface area contributed by atoms with E-state index in [4.69, 9.17) is 4.74 Å². The van der Waals surface area contributed by atoms with Crippen LogP contribution in [-0.2, 0) is 25.5 Å². The van der Waals surface area contributed by atoms with E-state index in [1.807, 2.05) is 42.5 Å². The first kappa shape index (κ1) is 19.4. The Balaban J connectivity index is 2.02. The Hall–Kier alpha value is -2.89. The van der Waals surface area contributed by atoms with E-state index in [2.05, 4.69) is 5.32 Å². The van der Waals surface area contributed by atoms with E-state index in [0.717, 1.165) is 16.3 Å². The van der Waals surface area contributed by atoms with Crippen LogP contribution >= 0.6 is 0 Å². The van der Waals surface area contributed by atoms with Crippen molar-refractivity contribution in [3.63, 3.8) is 0 Å². The van der Waals surface area contributed by atoms with Gasteiger partial charge >= 0.3 is 11.9 Å². The molecular formula is C20H23NO5. The van der Waals surface area contributed by atoms with E-state index in [-0.39, 0.29) is 19.4 Å². The van der Waals surface area contributed by atoms with Crippen LogP contribution in [0, 0.1) is 5.92 Å². The molecular weight excluding hydrogens is 334 g/mol. The molecule has 2 N–H and O–H groups in total. The first-order valence-electron chi connectivity index (χ1n) is 8.56. The fourth-order valence-corrected chi connectivity index (χ4v) is 2.81. The van der Waals surface area contributed by atoms with Crippen LogP contribution in [0.5, 0.6) is 0 Å². The lowest BCUT2D eigenvalue weighted by Gasteiger charge is -2.20. The molecule has 26 heavy (non-hydrogen) atoms. The second-order valence-corrected chi connectivity index (χ2v) is 6.23. The fraction of sp³-hybridized carbons (Fsp3) is 0.350. The maximum absolute atomic E-state index is 12.3. The number of benzene rings is 2. The summed E-state index contributed by atoms with van der Waals surface area (Å²) in [4.78, 5) is 35.3. The number of esters is 1. The Bertz CT molecular complexity index is 802. The van der Waals surface area contributed by atoms with Gasteiger partial charge in [0.25, 0.3) is 0 Å². The lowest BCUT2D eigenvalue weighted by atomic mass is 9.97. The summed E-state index contributed by atoms with van der Waals surface area (Å²) in [6.45, 7) is 3.52. The van der Waals surface area contributed by atoms with E-state index in [1.165, 1.54) is 0 Å². The number of rotatable bonds is 8. The quantitative estimate of drug-likeness (QED) is 0.708. The molecule has 6 nitrogen and oxygen atoms in total. The molecule has 138 valence electrons. The minimum atomic E-state index is -1.17. The average Bonchev–Trinajstić information content (AvgIpc) is 2.59. The SMILES string of the molecule is CCOC(=O)C[C@@H](C)[C@@H](NC(=O)Cc1ccc2ccccc2c1)C(=O)O. The van der Waals surface area contributed by atoms with Crippen molar-refractivity contribution in [1.29, 1.82) is 0 Å². The van der Waals surface area contributed by atoms with Crippen molar-refractivity contribution in [2.75, 3.05) is 6.61 Å². The molecule has 0 spiro atoms. The number of ether oxygens (including phenoxy) is 1.